The maximum absolute atomic E-state index is 12.2. The van der Waals surface area contributed by atoms with E-state index in [0.29, 0.717) is 23.6 Å². The van der Waals surface area contributed by atoms with Crippen LogP contribution in [0.2, 0.25) is 5.02 Å². The number of carbonyl (C=O) groups excluding carboxylic acids is 1. The van der Waals surface area contributed by atoms with E-state index in [2.05, 4.69) is 10.4 Å². The maximum atomic E-state index is 12.2. The first-order valence-corrected chi connectivity index (χ1v) is 8.23. The van der Waals surface area contributed by atoms with Crippen LogP contribution in [0.3, 0.4) is 0 Å². The number of halogens is 1. The minimum atomic E-state index is -0.281. The Hall–Kier alpha value is -2.05. The van der Waals surface area contributed by atoms with Crippen LogP contribution in [0.25, 0.3) is 0 Å². The van der Waals surface area contributed by atoms with Crippen molar-refractivity contribution in [3.8, 4) is 5.75 Å². The summed E-state index contributed by atoms with van der Waals surface area (Å²) in [6.07, 6.45) is 4.71. The molecule has 1 aromatic carbocycles. The highest BCUT2D eigenvalue weighted by atomic mass is 35.5. The van der Waals surface area contributed by atoms with Crippen LogP contribution in [0.1, 0.15) is 24.4 Å². The summed E-state index contributed by atoms with van der Waals surface area (Å²) in [5.41, 5.74) is 0.939. The molecule has 1 amide bonds. The highest BCUT2D eigenvalue weighted by molar-refractivity contribution is 6.30. The second-order valence-electron chi connectivity index (χ2n) is 6.12. The summed E-state index contributed by atoms with van der Waals surface area (Å²) in [6.45, 7) is -0.0757. The lowest BCUT2D eigenvalue weighted by Gasteiger charge is -2.37. The Morgan fingerprint density at radius 1 is 1.46 bits per heavy atom. The topological polar surface area (TPSA) is 76.4 Å². The number of benzene rings is 1. The lowest BCUT2D eigenvalue weighted by Crippen LogP contribution is -2.42. The van der Waals surface area contributed by atoms with Crippen molar-refractivity contribution in [3.63, 3.8) is 0 Å². The molecule has 1 aromatic heterocycles. The van der Waals surface area contributed by atoms with Gasteiger partial charge in [0.05, 0.1) is 18.3 Å². The quantitative estimate of drug-likeness (QED) is 0.837. The van der Waals surface area contributed by atoms with Gasteiger partial charge in [-0.1, -0.05) is 11.6 Å². The van der Waals surface area contributed by atoms with Gasteiger partial charge in [0.1, 0.15) is 5.75 Å². The van der Waals surface area contributed by atoms with Crippen LogP contribution < -0.4 is 10.1 Å². The number of aliphatic hydroxyl groups excluding tert-OH is 1. The molecule has 24 heavy (non-hydrogen) atoms. The molecule has 1 saturated carbocycles. The molecule has 6 nitrogen and oxygen atoms in total. The van der Waals surface area contributed by atoms with E-state index >= 15 is 0 Å². The first-order chi connectivity index (χ1) is 11.5. The first kappa shape index (κ1) is 16.8. The van der Waals surface area contributed by atoms with E-state index in [1.165, 1.54) is 0 Å². The van der Waals surface area contributed by atoms with E-state index in [0.717, 1.165) is 5.56 Å². The molecule has 2 N–H and O–H groups in total. The van der Waals surface area contributed by atoms with Crippen molar-refractivity contribution in [3.05, 3.63) is 47.2 Å². The molecule has 2 aromatic rings. The minimum absolute atomic E-state index is 0.0757. The average molecular weight is 350 g/mol. The summed E-state index contributed by atoms with van der Waals surface area (Å²) in [5.74, 6) is 0.593. The third-order valence-electron chi connectivity index (χ3n) is 4.21. The molecule has 1 fully saturated rings. The Kier molecular flexibility index (Phi) is 5.06. The van der Waals surface area contributed by atoms with Gasteiger partial charge in [0.25, 0.3) is 5.91 Å². The standard InChI is InChI=1S/C17H20ClN3O3/c1-21-9-12(8-19-21)17(11-6-14(22)7-11)20-16(23)10-24-15-4-2-13(18)3-5-15/h2-5,8-9,11,14,17,22H,6-7,10H2,1H3,(H,20,23)/t11?,14?,17-/m0/s1. The van der Waals surface area contributed by atoms with E-state index < -0.39 is 0 Å². The number of aliphatic hydroxyl groups is 1. The van der Waals surface area contributed by atoms with Crippen LogP contribution in [0.5, 0.6) is 5.75 Å². The van der Waals surface area contributed by atoms with Gasteiger partial charge in [-0.05, 0) is 43.0 Å². The molecule has 0 saturated heterocycles. The van der Waals surface area contributed by atoms with Gasteiger partial charge < -0.3 is 15.2 Å². The Bertz CT molecular complexity index is 695. The number of aryl methyl sites for hydroxylation is 1. The Labute approximate surface area is 145 Å². The molecule has 1 aliphatic carbocycles. The predicted octanol–water partition coefficient (Wildman–Crippen LogP) is 2.08. The van der Waals surface area contributed by atoms with Gasteiger partial charge in [-0.15, -0.1) is 0 Å². The van der Waals surface area contributed by atoms with Crippen molar-refractivity contribution in [2.24, 2.45) is 13.0 Å². The maximum Gasteiger partial charge on any atom is 0.258 e. The zero-order valence-electron chi connectivity index (χ0n) is 13.4. The Morgan fingerprint density at radius 3 is 2.75 bits per heavy atom. The molecular formula is C17H20ClN3O3. The van der Waals surface area contributed by atoms with Crippen molar-refractivity contribution in [2.45, 2.75) is 25.0 Å². The molecular weight excluding hydrogens is 330 g/mol. The summed E-state index contributed by atoms with van der Waals surface area (Å²) < 4.78 is 7.18. The van der Waals surface area contributed by atoms with E-state index in [9.17, 15) is 9.90 Å². The van der Waals surface area contributed by atoms with Crippen molar-refractivity contribution >= 4 is 17.5 Å². The number of amides is 1. The second kappa shape index (κ2) is 7.23. The van der Waals surface area contributed by atoms with Crippen LogP contribution in [-0.2, 0) is 11.8 Å². The summed E-state index contributed by atoms with van der Waals surface area (Å²) in [4.78, 5) is 12.2. The van der Waals surface area contributed by atoms with Crippen LogP contribution in [0.15, 0.2) is 36.7 Å². The van der Waals surface area contributed by atoms with Crippen LogP contribution >= 0.6 is 11.6 Å². The lowest BCUT2D eigenvalue weighted by molar-refractivity contribution is -0.125. The number of aromatic nitrogens is 2. The van der Waals surface area contributed by atoms with Gasteiger partial charge in [-0.2, -0.15) is 5.10 Å². The number of hydrogen-bond acceptors (Lipinski definition) is 4. The largest absolute Gasteiger partial charge is 0.484 e. The van der Waals surface area contributed by atoms with Gasteiger partial charge in [0, 0.05) is 23.8 Å². The van der Waals surface area contributed by atoms with Crippen molar-refractivity contribution in [1.29, 1.82) is 0 Å². The van der Waals surface area contributed by atoms with E-state index in [1.54, 1.807) is 35.1 Å². The third-order valence-corrected chi connectivity index (χ3v) is 4.46. The Morgan fingerprint density at radius 2 is 2.17 bits per heavy atom. The van der Waals surface area contributed by atoms with E-state index in [1.807, 2.05) is 13.2 Å². The summed E-state index contributed by atoms with van der Waals surface area (Å²) in [5, 5.41) is 17.3. The van der Waals surface area contributed by atoms with Crippen LogP contribution in [-0.4, -0.2) is 33.5 Å². The molecule has 0 spiro atoms. The molecule has 1 heterocycles. The molecule has 7 heteroatoms. The molecule has 0 aliphatic heterocycles. The predicted molar refractivity (Wildman–Crippen MR) is 89.8 cm³/mol. The zero-order valence-corrected chi connectivity index (χ0v) is 14.1. The summed E-state index contributed by atoms with van der Waals surface area (Å²) in [6, 6.07) is 6.70. The van der Waals surface area contributed by atoms with Crippen molar-refractivity contribution < 1.29 is 14.6 Å². The highest BCUT2D eigenvalue weighted by Crippen LogP contribution is 2.37. The number of nitrogens with one attached hydrogen (secondary N) is 1. The van der Waals surface area contributed by atoms with Crippen molar-refractivity contribution in [1.82, 2.24) is 15.1 Å². The summed E-state index contributed by atoms with van der Waals surface area (Å²) in [7, 11) is 1.83. The van der Waals surface area contributed by atoms with Gasteiger partial charge in [0.15, 0.2) is 6.61 Å². The molecule has 0 radical (unpaired) electrons. The third kappa shape index (κ3) is 4.07. The SMILES string of the molecule is Cn1cc([C@@H](NC(=O)COc2ccc(Cl)cc2)C2CC(O)C2)cn1. The summed E-state index contributed by atoms with van der Waals surface area (Å²) >= 11 is 5.82. The smallest absolute Gasteiger partial charge is 0.258 e. The fourth-order valence-electron chi connectivity index (χ4n) is 2.87. The number of ether oxygens (including phenoxy) is 1. The zero-order chi connectivity index (χ0) is 17.1. The molecule has 1 atom stereocenters. The molecule has 0 bridgehead atoms. The minimum Gasteiger partial charge on any atom is -0.484 e. The fraction of sp³-hybridized carbons (Fsp3) is 0.412. The average Bonchev–Trinajstić information content (AvgIpc) is 2.96. The van der Waals surface area contributed by atoms with Gasteiger partial charge in [0.2, 0.25) is 0 Å². The van der Waals surface area contributed by atoms with E-state index in [-0.39, 0.29) is 30.6 Å². The highest BCUT2D eigenvalue weighted by Gasteiger charge is 2.36. The molecule has 1 aliphatic rings. The first-order valence-electron chi connectivity index (χ1n) is 7.85. The van der Waals surface area contributed by atoms with Gasteiger partial charge in [-0.25, -0.2) is 0 Å². The Balaban J connectivity index is 1.59. The number of hydrogen-bond donors (Lipinski definition) is 2. The lowest BCUT2D eigenvalue weighted by atomic mass is 9.75. The molecule has 0 unspecified atom stereocenters. The van der Waals surface area contributed by atoms with Crippen molar-refractivity contribution in [2.75, 3.05) is 6.61 Å². The monoisotopic (exact) mass is 349 g/mol. The van der Waals surface area contributed by atoms with Gasteiger partial charge >= 0.3 is 0 Å². The van der Waals surface area contributed by atoms with Crippen LogP contribution in [0.4, 0.5) is 0 Å². The van der Waals surface area contributed by atoms with Crippen LogP contribution in [0, 0.1) is 5.92 Å². The number of nitrogens with zero attached hydrogens (tertiary/aromatic N) is 2. The second-order valence-corrected chi connectivity index (χ2v) is 6.56. The van der Waals surface area contributed by atoms with E-state index in [4.69, 9.17) is 16.3 Å². The normalized spacial score (nSPS) is 21.0. The number of carbonyl (C=O) groups is 1. The number of rotatable bonds is 6. The molecule has 128 valence electrons. The fourth-order valence-corrected chi connectivity index (χ4v) is 3.00. The molecule has 3 rings (SSSR count). The van der Waals surface area contributed by atoms with Gasteiger partial charge in [-0.3, -0.25) is 9.48 Å².